The van der Waals surface area contributed by atoms with Crippen molar-refractivity contribution in [2.24, 2.45) is 0 Å². The van der Waals surface area contributed by atoms with Gasteiger partial charge in [-0.2, -0.15) is 0 Å². The largest absolute Gasteiger partial charge is 0.486 e. The lowest BCUT2D eigenvalue weighted by molar-refractivity contribution is -0.129. The Morgan fingerprint density at radius 2 is 1.78 bits per heavy atom. The van der Waals surface area contributed by atoms with E-state index in [0.717, 1.165) is 16.7 Å². The number of carbonyl (C=O) groups excluding carboxylic acids is 3. The van der Waals surface area contributed by atoms with Crippen LogP contribution in [0, 0.1) is 13.8 Å². The van der Waals surface area contributed by atoms with Crippen LogP contribution in [0.4, 0.5) is 0 Å². The van der Waals surface area contributed by atoms with E-state index in [2.05, 4.69) is 4.74 Å². The van der Waals surface area contributed by atoms with E-state index in [-0.39, 0.29) is 11.7 Å². The summed E-state index contributed by atoms with van der Waals surface area (Å²) in [6, 6.07) is 10.8. The Bertz CT molecular complexity index is 1090. The Morgan fingerprint density at radius 3 is 2.44 bits per heavy atom. The van der Waals surface area contributed by atoms with Gasteiger partial charge in [-0.15, -0.1) is 0 Å². The molecule has 32 heavy (non-hydrogen) atoms. The lowest BCUT2D eigenvalue weighted by Crippen LogP contribution is -2.52. The van der Waals surface area contributed by atoms with Crippen molar-refractivity contribution in [3.63, 3.8) is 0 Å². The number of benzene rings is 2. The number of piperidine rings is 1. The molecule has 2 aromatic carbocycles. The van der Waals surface area contributed by atoms with Crippen LogP contribution >= 0.6 is 0 Å². The summed E-state index contributed by atoms with van der Waals surface area (Å²) in [5, 5.41) is 0. The topological polar surface area (TPSA) is 72.9 Å². The van der Waals surface area contributed by atoms with Crippen LogP contribution in [0.5, 0.6) is 5.75 Å². The van der Waals surface area contributed by atoms with Crippen LogP contribution in [-0.4, -0.2) is 48.4 Å². The number of hydrogen-bond acceptors (Lipinski definition) is 5. The minimum absolute atomic E-state index is 0.0777. The number of Topliss-reactive ketones (excluding diaryl/α,β-unsaturated/α-hetero) is 1. The molecule has 4 rings (SSSR count). The van der Waals surface area contributed by atoms with E-state index in [9.17, 15) is 14.4 Å². The van der Waals surface area contributed by atoms with Gasteiger partial charge in [-0.3, -0.25) is 9.59 Å². The summed E-state index contributed by atoms with van der Waals surface area (Å²) in [6.07, 6.45) is 4.88. The molecule has 0 bridgehead atoms. The van der Waals surface area contributed by atoms with Crippen LogP contribution in [0.1, 0.15) is 56.7 Å². The number of nitrogens with zero attached hydrogens (tertiary/aromatic N) is 1. The third-order valence-corrected chi connectivity index (χ3v) is 6.27. The molecule has 0 unspecified atom stereocenters. The summed E-state index contributed by atoms with van der Waals surface area (Å²) >= 11 is 0. The molecule has 2 aliphatic rings. The molecule has 1 saturated heterocycles. The summed E-state index contributed by atoms with van der Waals surface area (Å²) in [5.41, 5.74) is 3.48. The smallest absolute Gasteiger partial charge is 0.337 e. The zero-order valence-corrected chi connectivity index (χ0v) is 18.6. The highest BCUT2D eigenvalue weighted by atomic mass is 16.5. The Balaban J connectivity index is 1.39. The molecule has 6 nitrogen and oxygen atoms in total. The maximum atomic E-state index is 12.9. The Kier molecular flexibility index (Phi) is 5.87. The number of amides is 1. The highest BCUT2D eigenvalue weighted by Crippen LogP contribution is 2.41. The molecule has 6 heteroatoms. The maximum absolute atomic E-state index is 12.9. The number of likely N-dealkylation sites (tertiary alicyclic amines) is 1. The number of carbonyl (C=O) groups is 3. The van der Waals surface area contributed by atoms with E-state index in [0.29, 0.717) is 49.2 Å². The van der Waals surface area contributed by atoms with Crippen molar-refractivity contribution in [1.82, 2.24) is 4.90 Å². The molecule has 0 aromatic heterocycles. The predicted octanol–water partition coefficient (Wildman–Crippen LogP) is 4.13. The Morgan fingerprint density at radius 1 is 1.09 bits per heavy atom. The highest BCUT2D eigenvalue weighted by Gasteiger charge is 2.43. The van der Waals surface area contributed by atoms with Crippen molar-refractivity contribution in [3.05, 3.63) is 70.3 Å². The average molecular weight is 434 g/mol. The second kappa shape index (κ2) is 8.61. The van der Waals surface area contributed by atoms with Crippen molar-refractivity contribution < 1.29 is 23.9 Å². The summed E-state index contributed by atoms with van der Waals surface area (Å²) in [6.45, 7) is 5.02. The van der Waals surface area contributed by atoms with Gasteiger partial charge in [0.2, 0.25) is 5.91 Å². The molecule has 0 aliphatic carbocycles. The van der Waals surface area contributed by atoms with Crippen LogP contribution in [0.2, 0.25) is 0 Å². The molecule has 1 amide bonds. The molecule has 0 atom stereocenters. The van der Waals surface area contributed by atoms with Crippen LogP contribution in [0.15, 0.2) is 42.5 Å². The number of methoxy groups -OCH3 is 1. The first-order valence-electron chi connectivity index (χ1n) is 10.8. The second-order valence-electron chi connectivity index (χ2n) is 8.61. The highest BCUT2D eigenvalue weighted by molar-refractivity contribution is 6.02. The third kappa shape index (κ3) is 4.31. The van der Waals surface area contributed by atoms with Gasteiger partial charge in [0, 0.05) is 32.0 Å². The lowest BCUT2D eigenvalue weighted by atomic mass is 9.81. The fourth-order valence-corrected chi connectivity index (χ4v) is 4.55. The molecule has 2 aliphatic heterocycles. The second-order valence-corrected chi connectivity index (χ2v) is 8.61. The van der Waals surface area contributed by atoms with Crippen LogP contribution < -0.4 is 4.74 Å². The average Bonchev–Trinajstić information content (AvgIpc) is 2.77. The fourth-order valence-electron chi connectivity index (χ4n) is 4.55. The standard InChI is InChI=1S/C26H27NO5/c1-17-14-18(2)24-21(28)16-26(32-22(24)15-17)10-12-27(13-11-26)23(29)9-6-19-4-7-20(8-5-19)25(30)31-3/h4-9,14-15H,10-13,16H2,1-3H3/b9-6+. The molecule has 166 valence electrons. The van der Waals surface area contributed by atoms with E-state index >= 15 is 0 Å². The van der Waals surface area contributed by atoms with Gasteiger partial charge < -0.3 is 14.4 Å². The van der Waals surface area contributed by atoms with Gasteiger partial charge in [0.1, 0.15) is 11.4 Å². The minimum atomic E-state index is -0.533. The first-order chi connectivity index (χ1) is 15.3. The SMILES string of the molecule is COC(=O)c1ccc(/C=C/C(=O)N2CCC3(CC2)CC(=O)c2c(C)cc(C)cc2O3)cc1. The van der Waals surface area contributed by atoms with Crippen molar-refractivity contribution in [2.45, 2.75) is 38.7 Å². The monoisotopic (exact) mass is 433 g/mol. The van der Waals surface area contributed by atoms with E-state index in [1.165, 1.54) is 7.11 Å². The van der Waals surface area contributed by atoms with Crippen LogP contribution in [-0.2, 0) is 9.53 Å². The van der Waals surface area contributed by atoms with Gasteiger partial charge >= 0.3 is 5.97 Å². The quantitative estimate of drug-likeness (QED) is 0.538. The number of esters is 1. The van der Waals surface area contributed by atoms with Crippen molar-refractivity contribution in [2.75, 3.05) is 20.2 Å². The lowest BCUT2D eigenvalue weighted by Gasteiger charge is -2.44. The zero-order chi connectivity index (χ0) is 22.9. The normalized spacial score (nSPS) is 17.2. The van der Waals surface area contributed by atoms with Gasteiger partial charge in [-0.25, -0.2) is 4.79 Å². The molecule has 2 aromatic rings. The van der Waals surface area contributed by atoms with Gasteiger partial charge in [-0.1, -0.05) is 18.2 Å². The van der Waals surface area contributed by atoms with Gasteiger partial charge in [0.05, 0.1) is 24.7 Å². The summed E-state index contributed by atoms with van der Waals surface area (Å²) < 4.78 is 11.1. The van der Waals surface area contributed by atoms with E-state index in [1.54, 1.807) is 41.3 Å². The Labute approximate surface area is 187 Å². The molecule has 0 N–H and O–H groups in total. The molecule has 2 heterocycles. The van der Waals surface area contributed by atoms with Crippen molar-refractivity contribution in [1.29, 1.82) is 0 Å². The van der Waals surface area contributed by atoms with Gasteiger partial charge in [0.15, 0.2) is 5.78 Å². The first kappa shape index (κ1) is 21.8. The van der Waals surface area contributed by atoms with Gasteiger partial charge in [-0.05, 0) is 54.8 Å². The van der Waals surface area contributed by atoms with Gasteiger partial charge in [0.25, 0.3) is 0 Å². The maximum Gasteiger partial charge on any atom is 0.337 e. The molecule has 1 fully saturated rings. The van der Waals surface area contributed by atoms with E-state index in [4.69, 9.17) is 4.74 Å². The summed E-state index contributed by atoms with van der Waals surface area (Å²) in [5.74, 6) is 0.328. The summed E-state index contributed by atoms with van der Waals surface area (Å²) in [4.78, 5) is 38.8. The minimum Gasteiger partial charge on any atom is -0.486 e. The fraction of sp³-hybridized carbons (Fsp3) is 0.346. The van der Waals surface area contributed by atoms with Crippen molar-refractivity contribution in [3.8, 4) is 5.75 Å². The summed E-state index contributed by atoms with van der Waals surface area (Å²) in [7, 11) is 1.34. The van der Waals surface area contributed by atoms with Crippen LogP contribution in [0.3, 0.4) is 0 Å². The van der Waals surface area contributed by atoms with Crippen LogP contribution in [0.25, 0.3) is 6.08 Å². The Hall–Kier alpha value is -3.41. The molecular weight excluding hydrogens is 406 g/mol. The molecule has 0 radical (unpaired) electrons. The number of hydrogen-bond donors (Lipinski definition) is 0. The molecule has 0 saturated carbocycles. The van der Waals surface area contributed by atoms with E-state index < -0.39 is 11.6 Å². The number of ether oxygens (including phenoxy) is 2. The molecule has 1 spiro atoms. The molecular formula is C26H27NO5. The first-order valence-corrected chi connectivity index (χ1v) is 10.8. The van der Waals surface area contributed by atoms with E-state index in [1.807, 2.05) is 26.0 Å². The number of ketones is 1. The number of fused-ring (bicyclic) bond motifs is 1. The van der Waals surface area contributed by atoms with Crippen molar-refractivity contribution >= 4 is 23.7 Å². The third-order valence-electron chi connectivity index (χ3n) is 6.27. The number of rotatable bonds is 3. The predicted molar refractivity (Wildman–Crippen MR) is 121 cm³/mol. The zero-order valence-electron chi connectivity index (χ0n) is 18.6. The number of aryl methyl sites for hydroxylation is 2.